The van der Waals surface area contributed by atoms with E-state index in [4.69, 9.17) is 0 Å². The summed E-state index contributed by atoms with van der Waals surface area (Å²) in [6.07, 6.45) is 5.24. The number of benzene rings is 1. The maximum absolute atomic E-state index is 14.5. The van der Waals surface area contributed by atoms with Crippen molar-refractivity contribution >= 4 is 0 Å². The van der Waals surface area contributed by atoms with E-state index in [0.29, 0.717) is 17.5 Å². The van der Waals surface area contributed by atoms with E-state index in [1.165, 1.54) is 12.3 Å². The fourth-order valence-electron chi connectivity index (χ4n) is 2.55. The van der Waals surface area contributed by atoms with Gasteiger partial charge in [0.25, 0.3) is 0 Å². The first kappa shape index (κ1) is 14.4. The summed E-state index contributed by atoms with van der Waals surface area (Å²) in [5.41, 5.74) is 2.84. The average molecular weight is 299 g/mol. The number of aryl methyl sites for hydroxylation is 1. The molecule has 3 rings (SSSR count). The second kappa shape index (κ2) is 6.05. The van der Waals surface area contributed by atoms with Gasteiger partial charge >= 0.3 is 0 Å². The monoisotopic (exact) mass is 299 g/mol. The molecule has 2 heterocycles. The van der Waals surface area contributed by atoms with Gasteiger partial charge in [0.1, 0.15) is 5.82 Å². The van der Waals surface area contributed by atoms with Crippen molar-refractivity contribution in [1.82, 2.24) is 15.0 Å². The van der Waals surface area contributed by atoms with Gasteiger partial charge in [0.15, 0.2) is 0 Å². The number of nitrogens with zero attached hydrogens (tertiary/aromatic N) is 2. The predicted octanol–water partition coefficient (Wildman–Crippen LogP) is 3.77. The molecule has 1 aromatic carbocycles. The van der Waals surface area contributed by atoms with E-state index in [1.807, 2.05) is 6.07 Å². The van der Waals surface area contributed by atoms with Crippen LogP contribution < -0.4 is 0 Å². The van der Waals surface area contributed by atoms with Crippen molar-refractivity contribution in [3.8, 4) is 0 Å². The topological polar surface area (TPSA) is 41.6 Å². The molecule has 0 spiro atoms. The lowest BCUT2D eigenvalue weighted by Crippen LogP contribution is -2.09. The number of hydrogen-bond donors (Lipinski definition) is 1. The van der Waals surface area contributed by atoms with Crippen LogP contribution in [0.3, 0.4) is 0 Å². The molecule has 2 aromatic heterocycles. The first-order valence-electron chi connectivity index (χ1n) is 6.99. The molecule has 0 saturated heterocycles. The molecule has 3 aromatic rings. The number of H-pyrrole nitrogens is 1. The van der Waals surface area contributed by atoms with Crippen molar-refractivity contribution in [2.45, 2.75) is 19.3 Å². The van der Waals surface area contributed by atoms with Gasteiger partial charge in [-0.2, -0.15) is 4.39 Å². The van der Waals surface area contributed by atoms with Crippen molar-refractivity contribution in [3.05, 3.63) is 83.2 Å². The Morgan fingerprint density at radius 1 is 1.14 bits per heavy atom. The summed E-state index contributed by atoms with van der Waals surface area (Å²) in [7, 11) is 0. The second-order valence-corrected chi connectivity index (χ2v) is 5.23. The minimum absolute atomic E-state index is 0.225. The number of hydrogen-bond acceptors (Lipinski definition) is 2. The van der Waals surface area contributed by atoms with Crippen LogP contribution in [0.2, 0.25) is 0 Å². The Morgan fingerprint density at radius 3 is 2.68 bits per heavy atom. The average Bonchev–Trinajstić information content (AvgIpc) is 3.04. The molecule has 1 atom stereocenters. The quantitative estimate of drug-likeness (QED) is 0.745. The lowest BCUT2D eigenvalue weighted by atomic mass is 9.89. The van der Waals surface area contributed by atoms with Gasteiger partial charge in [0.05, 0.1) is 6.33 Å². The summed E-state index contributed by atoms with van der Waals surface area (Å²) in [4.78, 5) is 10.7. The van der Waals surface area contributed by atoms with Gasteiger partial charge in [0, 0.05) is 24.0 Å². The molecule has 22 heavy (non-hydrogen) atoms. The molecule has 1 unspecified atom stereocenters. The van der Waals surface area contributed by atoms with Crippen LogP contribution in [0.1, 0.15) is 28.3 Å². The number of nitrogens with one attached hydrogen (secondary N) is 1. The zero-order chi connectivity index (χ0) is 15.5. The summed E-state index contributed by atoms with van der Waals surface area (Å²) in [5, 5.41) is 0. The number of imidazole rings is 1. The molecule has 0 aliphatic heterocycles. The van der Waals surface area contributed by atoms with E-state index in [1.54, 1.807) is 37.6 Å². The van der Waals surface area contributed by atoms with Crippen LogP contribution in [-0.4, -0.2) is 15.0 Å². The number of rotatable bonds is 4. The smallest absolute Gasteiger partial charge is 0.212 e. The summed E-state index contributed by atoms with van der Waals surface area (Å²) in [6.45, 7) is 1.74. The van der Waals surface area contributed by atoms with Gasteiger partial charge in [-0.1, -0.05) is 24.3 Å². The molecule has 0 fully saturated rings. The molecule has 0 saturated carbocycles. The second-order valence-electron chi connectivity index (χ2n) is 5.23. The maximum atomic E-state index is 14.5. The molecule has 0 aliphatic rings. The van der Waals surface area contributed by atoms with Gasteiger partial charge < -0.3 is 4.98 Å². The lowest BCUT2D eigenvalue weighted by Gasteiger charge is -2.17. The van der Waals surface area contributed by atoms with Gasteiger partial charge in [-0.3, -0.25) is 0 Å². The number of pyridine rings is 1. The van der Waals surface area contributed by atoms with Crippen LogP contribution >= 0.6 is 0 Å². The van der Waals surface area contributed by atoms with Crippen LogP contribution in [0.5, 0.6) is 0 Å². The highest BCUT2D eigenvalue weighted by Gasteiger charge is 2.21. The van der Waals surface area contributed by atoms with Crippen LogP contribution in [0.4, 0.5) is 8.78 Å². The van der Waals surface area contributed by atoms with E-state index in [2.05, 4.69) is 15.0 Å². The Balaban J connectivity index is 2.01. The Morgan fingerprint density at radius 2 is 2.00 bits per heavy atom. The molecule has 0 aliphatic carbocycles. The summed E-state index contributed by atoms with van der Waals surface area (Å²) in [5.74, 6) is -0.976. The number of halogens is 2. The third kappa shape index (κ3) is 2.88. The molecule has 0 radical (unpaired) electrons. The van der Waals surface area contributed by atoms with E-state index >= 15 is 0 Å². The predicted molar refractivity (Wildman–Crippen MR) is 79.5 cm³/mol. The zero-order valence-electron chi connectivity index (χ0n) is 12.1. The molecule has 0 bridgehead atoms. The summed E-state index contributed by atoms with van der Waals surface area (Å²) < 4.78 is 27.5. The largest absolute Gasteiger partial charge is 0.348 e. The Kier molecular flexibility index (Phi) is 3.96. The van der Waals surface area contributed by atoms with Crippen LogP contribution in [0.15, 0.2) is 49.1 Å². The molecule has 1 N–H and O–H groups in total. The molecule has 112 valence electrons. The highest BCUT2D eigenvalue weighted by atomic mass is 19.1. The van der Waals surface area contributed by atoms with Gasteiger partial charge in [-0.05, 0) is 36.1 Å². The maximum Gasteiger partial charge on any atom is 0.212 e. The van der Waals surface area contributed by atoms with E-state index < -0.39 is 5.95 Å². The zero-order valence-corrected chi connectivity index (χ0v) is 12.1. The van der Waals surface area contributed by atoms with E-state index in [0.717, 1.165) is 11.3 Å². The highest BCUT2D eigenvalue weighted by molar-refractivity contribution is 5.34. The molecular formula is C17H15F2N3. The molecule has 5 heteroatoms. The van der Waals surface area contributed by atoms with Crippen molar-refractivity contribution in [3.63, 3.8) is 0 Å². The highest BCUT2D eigenvalue weighted by Crippen LogP contribution is 2.30. The Hall–Kier alpha value is -2.56. The SMILES string of the molecule is Cc1cccc(C(Cc2ccc(F)nc2)c2cnc[nH]2)c1F. The minimum Gasteiger partial charge on any atom is -0.348 e. The first-order chi connectivity index (χ1) is 10.6. The van der Waals surface area contributed by atoms with E-state index in [9.17, 15) is 8.78 Å². The minimum atomic E-state index is -0.524. The fourth-order valence-corrected chi connectivity index (χ4v) is 2.55. The van der Waals surface area contributed by atoms with Gasteiger partial charge in [-0.25, -0.2) is 14.4 Å². The third-order valence-electron chi connectivity index (χ3n) is 3.72. The van der Waals surface area contributed by atoms with Gasteiger partial charge in [0.2, 0.25) is 5.95 Å². The van der Waals surface area contributed by atoms with Crippen LogP contribution in [0.25, 0.3) is 0 Å². The van der Waals surface area contributed by atoms with Gasteiger partial charge in [-0.15, -0.1) is 0 Å². The Labute approximate surface area is 127 Å². The third-order valence-corrected chi connectivity index (χ3v) is 3.72. The molecular weight excluding hydrogens is 284 g/mol. The summed E-state index contributed by atoms with van der Waals surface area (Å²) >= 11 is 0. The Bertz CT molecular complexity index is 752. The van der Waals surface area contributed by atoms with Crippen LogP contribution in [0, 0.1) is 18.7 Å². The fraction of sp³-hybridized carbons (Fsp3) is 0.176. The van der Waals surface area contributed by atoms with Crippen molar-refractivity contribution in [2.75, 3.05) is 0 Å². The van der Waals surface area contributed by atoms with Crippen molar-refractivity contribution in [2.24, 2.45) is 0 Å². The van der Waals surface area contributed by atoms with Crippen molar-refractivity contribution in [1.29, 1.82) is 0 Å². The number of aromatic nitrogens is 3. The van der Waals surface area contributed by atoms with Crippen LogP contribution in [-0.2, 0) is 6.42 Å². The molecule has 3 nitrogen and oxygen atoms in total. The first-order valence-corrected chi connectivity index (χ1v) is 6.99. The lowest BCUT2D eigenvalue weighted by molar-refractivity contribution is 0.576. The van der Waals surface area contributed by atoms with Crippen molar-refractivity contribution < 1.29 is 8.78 Å². The summed E-state index contributed by atoms with van der Waals surface area (Å²) in [6, 6.07) is 8.32. The number of aromatic amines is 1. The standard InChI is InChI=1S/C17H15F2N3/c1-11-3-2-4-13(17(11)19)14(15-9-20-10-22-15)7-12-5-6-16(18)21-8-12/h2-6,8-10,14H,7H2,1H3,(H,20,22). The van der Waals surface area contributed by atoms with E-state index in [-0.39, 0.29) is 11.7 Å². The molecule has 0 amide bonds. The normalized spacial score (nSPS) is 12.3.